The smallest absolute Gasteiger partial charge is 0.254 e. The molecule has 1 amide bonds. The van der Waals surface area contributed by atoms with Crippen molar-refractivity contribution in [1.82, 2.24) is 4.90 Å². The minimum Gasteiger partial charge on any atom is -0.493 e. The van der Waals surface area contributed by atoms with Gasteiger partial charge in [-0.3, -0.25) is 4.79 Å². The molecule has 5 heteroatoms. The quantitative estimate of drug-likeness (QED) is 0.496. The van der Waals surface area contributed by atoms with E-state index in [1.165, 1.54) is 0 Å². The number of amides is 1. The Bertz CT molecular complexity index is 928. The lowest BCUT2D eigenvalue weighted by atomic mass is 10.1. The molecule has 0 radical (unpaired) electrons. The second-order valence-corrected chi connectivity index (χ2v) is 6.85. The van der Waals surface area contributed by atoms with Gasteiger partial charge in [0.1, 0.15) is 6.61 Å². The van der Waals surface area contributed by atoms with Gasteiger partial charge in [0, 0.05) is 25.8 Å². The van der Waals surface area contributed by atoms with Gasteiger partial charge in [-0.1, -0.05) is 60.7 Å². The van der Waals surface area contributed by atoms with Gasteiger partial charge in [0.2, 0.25) is 0 Å². The molecule has 3 rings (SSSR count). The van der Waals surface area contributed by atoms with Crippen molar-refractivity contribution < 1.29 is 19.0 Å². The first-order chi connectivity index (χ1) is 14.7. The zero-order valence-electron chi connectivity index (χ0n) is 17.4. The molecule has 156 valence electrons. The molecule has 5 nitrogen and oxygen atoms in total. The van der Waals surface area contributed by atoms with Crippen LogP contribution in [-0.4, -0.2) is 38.2 Å². The number of methoxy groups -OCH3 is 2. The van der Waals surface area contributed by atoms with Crippen LogP contribution in [-0.2, 0) is 17.9 Å². The number of ether oxygens (including phenoxy) is 3. The summed E-state index contributed by atoms with van der Waals surface area (Å²) in [6.45, 7) is 1.91. The molecule has 0 heterocycles. The average Bonchev–Trinajstić information content (AvgIpc) is 2.81. The van der Waals surface area contributed by atoms with Gasteiger partial charge < -0.3 is 19.1 Å². The molecule has 3 aromatic carbocycles. The Labute approximate surface area is 177 Å². The fraction of sp³-hybridized carbons (Fsp3) is 0.240. The summed E-state index contributed by atoms with van der Waals surface area (Å²) < 4.78 is 16.6. The highest BCUT2D eigenvalue weighted by atomic mass is 16.5. The standard InChI is InChI=1S/C25H27NO4/c1-28-16-15-26(18-20-9-5-3-6-10-20)25(27)22-13-14-23(24(17-22)29-2)30-19-21-11-7-4-8-12-21/h3-14,17H,15-16,18-19H2,1-2H3. The summed E-state index contributed by atoms with van der Waals surface area (Å²) in [6.07, 6.45) is 0. The number of hydrogen-bond acceptors (Lipinski definition) is 4. The summed E-state index contributed by atoms with van der Waals surface area (Å²) in [5.74, 6) is 1.05. The SMILES string of the molecule is COCCN(Cc1ccccc1)C(=O)c1ccc(OCc2ccccc2)c(OC)c1. The van der Waals surface area contributed by atoms with E-state index in [1.54, 1.807) is 37.3 Å². The maximum atomic E-state index is 13.2. The Morgan fingerprint density at radius 3 is 2.13 bits per heavy atom. The van der Waals surface area contributed by atoms with E-state index in [2.05, 4.69) is 0 Å². The summed E-state index contributed by atoms with van der Waals surface area (Å²) in [4.78, 5) is 15.0. The monoisotopic (exact) mass is 405 g/mol. The van der Waals surface area contributed by atoms with Crippen LogP contribution in [0.1, 0.15) is 21.5 Å². The van der Waals surface area contributed by atoms with Crippen LogP contribution in [0.5, 0.6) is 11.5 Å². The molecule has 0 aliphatic carbocycles. The Morgan fingerprint density at radius 2 is 1.50 bits per heavy atom. The van der Waals surface area contributed by atoms with E-state index in [-0.39, 0.29) is 5.91 Å². The first kappa shape index (κ1) is 21.4. The van der Waals surface area contributed by atoms with E-state index >= 15 is 0 Å². The van der Waals surface area contributed by atoms with Crippen LogP contribution in [0.15, 0.2) is 78.9 Å². The van der Waals surface area contributed by atoms with Gasteiger partial charge in [-0.05, 0) is 29.3 Å². The molecule has 0 aromatic heterocycles. The van der Waals surface area contributed by atoms with Crippen LogP contribution in [0, 0.1) is 0 Å². The number of carbonyl (C=O) groups is 1. The summed E-state index contributed by atoms with van der Waals surface area (Å²) in [5.41, 5.74) is 2.68. The maximum Gasteiger partial charge on any atom is 0.254 e. The van der Waals surface area contributed by atoms with Crippen LogP contribution in [0.4, 0.5) is 0 Å². The lowest BCUT2D eigenvalue weighted by Crippen LogP contribution is -2.33. The molecule has 0 aliphatic rings. The molecule has 3 aromatic rings. The van der Waals surface area contributed by atoms with Gasteiger partial charge in [0.15, 0.2) is 11.5 Å². The van der Waals surface area contributed by atoms with Gasteiger partial charge in [-0.25, -0.2) is 0 Å². The van der Waals surface area contributed by atoms with Gasteiger partial charge in [-0.2, -0.15) is 0 Å². The molecule has 0 unspecified atom stereocenters. The molecule has 30 heavy (non-hydrogen) atoms. The lowest BCUT2D eigenvalue weighted by Gasteiger charge is -2.23. The predicted octanol–water partition coefficient (Wildman–Crippen LogP) is 4.56. The second-order valence-electron chi connectivity index (χ2n) is 6.85. The topological polar surface area (TPSA) is 48.0 Å². The molecule has 0 fully saturated rings. The highest BCUT2D eigenvalue weighted by Crippen LogP contribution is 2.29. The zero-order chi connectivity index (χ0) is 21.2. The third-order valence-corrected chi connectivity index (χ3v) is 4.72. The summed E-state index contributed by atoms with van der Waals surface area (Å²) in [7, 11) is 3.21. The molecule has 0 atom stereocenters. The van der Waals surface area contributed by atoms with E-state index in [0.717, 1.165) is 11.1 Å². The highest BCUT2D eigenvalue weighted by Gasteiger charge is 2.18. The zero-order valence-corrected chi connectivity index (χ0v) is 17.4. The van der Waals surface area contributed by atoms with Crippen LogP contribution >= 0.6 is 0 Å². The summed E-state index contributed by atoms with van der Waals surface area (Å²) in [5, 5.41) is 0. The fourth-order valence-corrected chi connectivity index (χ4v) is 3.10. The number of nitrogens with zero attached hydrogens (tertiary/aromatic N) is 1. The van der Waals surface area contributed by atoms with Crippen molar-refractivity contribution in [1.29, 1.82) is 0 Å². The molecule has 0 bridgehead atoms. The van der Waals surface area contributed by atoms with E-state index in [0.29, 0.717) is 43.4 Å². The van der Waals surface area contributed by atoms with Gasteiger partial charge in [0.25, 0.3) is 5.91 Å². The van der Waals surface area contributed by atoms with E-state index < -0.39 is 0 Å². The lowest BCUT2D eigenvalue weighted by molar-refractivity contribution is 0.0680. The van der Waals surface area contributed by atoms with Gasteiger partial charge in [-0.15, -0.1) is 0 Å². The third kappa shape index (κ3) is 5.84. The van der Waals surface area contributed by atoms with Crippen molar-refractivity contribution in [3.8, 4) is 11.5 Å². The Kier molecular flexibility index (Phi) is 7.86. The molecular formula is C25H27NO4. The average molecular weight is 405 g/mol. The molecule has 0 saturated carbocycles. The maximum absolute atomic E-state index is 13.2. The van der Waals surface area contributed by atoms with Crippen molar-refractivity contribution in [2.45, 2.75) is 13.2 Å². The number of hydrogen-bond donors (Lipinski definition) is 0. The van der Waals surface area contributed by atoms with Gasteiger partial charge in [0.05, 0.1) is 13.7 Å². The predicted molar refractivity (Wildman–Crippen MR) is 117 cm³/mol. The largest absolute Gasteiger partial charge is 0.493 e. The van der Waals surface area contributed by atoms with E-state index in [9.17, 15) is 4.79 Å². The summed E-state index contributed by atoms with van der Waals surface area (Å²) >= 11 is 0. The molecular weight excluding hydrogens is 378 g/mol. The Balaban J connectivity index is 1.75. The van der Waals surface area contributed by atoms with Crippen molar-refractivity contribution in [3.05, 3.63) is 95.6 Å². The Hall–Kier alpha value is -3.31. The van der Waals surface area contributed by atoms with Crippen molar-refractivity contribution >= 4 is 5.91 Å². The third-order valence-electron chi connectivity index (χ3n) is 4.72. The normalized spacial score (nSPS) is 10.5. The van der Waals surface area contributed by atoms with Crippen LogP contribution < -0.4 is 9.47 Å². The second kappa shape index (κ2) is 11.0. The van der Waals surface area contributed by atoms with Crippen molar-refractivity contribution in [2.24, 2.45) is 0 Å². The van der Waals surface area contributed by atoms with Crippen LogP contribution in [0.2, 0.25) is 0 Å². The molecule has 0 saturated heterocycles. The van der Waals surface area contributed by atoms with Crippen LogP contribution in [0.25, 0.3) is 0 Å². The number of carbonyl (C=O) groups excluding carboxylic acids is 1. The minimum absolute atomic E-state index is 0.0798. The number of rotatable bonds is 10. The minimum atomic E-state index is -0.0798. The summed E-state index contributed by atoms with van der Waals surface area (Å²) in [6, 6.07) is 25.1. The van der Waals surface area contributed by atoms with Crippen molar-refractivity contribution in [3.63, 3.8) is 0 Å². The molecule has 0 aliphatic heterocycles. The van der Waals surface area contributed by atoms with Crippen molar-refractivity contribution in [2.75, 3.05) is 27.4 Å². The van der Waals surface area contributed by atoms with Gasteiger partial charge >= 0.3 is 0 Å². The molecule has 0 N–H and O–H groups in total. The highest BCUT2D eigenvalue weighted by molar-refractivity contribution is 5.95. The molecule has 0 spiro atoms. The Morgan fingerprint density at radius 1 is 0.833 bits per heavy atom. The first-order valence-electron chi connectivity index (χ1n) is 9.88. The first-order valence-corrected chi connectivity index (χ1v) is 9.88. The van der Waals surface area contributed by atoms with E-state index in [4.69, 9.17) is 14.2 Å². The number of benzene rings is 3. The van der Waals surface area contributed by atoms with Crippen LogP contribution in [0.3, 0.4) is 0 Å². The van der Waals surface area contributed by atoms with E-state index in [1.807, 2.05) is 60.7 Å². The fourth-order valence-electron chi connectivity index (χ4n) is 3.10.